The second kappa shape index (κ2) is 8.37. The molecule has 160 valence electrons. The SMILES string of the molecule is CC(NC(=O)Cn1cnc2scc(-c3cccs3)c2c1=O)c1ccc(S(C)(=O)=O)cc1. The standard InChI is InChI=1S/C21H19N3O4S3/c1-13(14-5-7-15(8-6-14)31(2,27)28)23-18(25)10-24-12-22-20-19(21(24)26)16(11-30-20)17-4-3-9-29-17/h3-9,11-13H,10H2,1-2H3,(H,23,25). The third-order valence-electron chi connectivity index (χ3n) is 4.85. The highest BCUT2D eigenvalue weighted by Gasteiger charge is 2.17. The van der Waals surface area contributed by atoms with Gasteiger partial charge in [0.2, 0.25) is 5.91 Å². The quantitative estimate of drug-likeness (QED) is 0.462. The molecule has 0 bridgehead atoms. The monoisotopic (exact) mass is 473 g/mol. The predicted molar refractivity (Wildman–Crippen MR) is 123 cm³/mol. The van der Waals surface area contributed by atoms with Gasteiger partial charge in [-0.15, -0.1) is 22.7 Å². The second-order valence-electron chi connectivity index (χ2n) is 7.11. The molecule has 7 nitrogen and oxygen atoms in total. The molecule has 0 aliphatic heterocycles. The van der Waals surface area contributed by atoms with Gasteiger partial charge < -0.3 is 5.32 Å². The zero-order chi connectivity index (χ0) is 22.2. The average Bonchev–Trinajstić information content (AvgIpc) is 3.39. The molecule has 1 unspecified atom stereocenters. The number of rotatable bonds is 6. The number of carbonyl (C=O) groups is 1. The Labute approximate surface area is 186 Å². The summed E-state index contributed by atoms with van der Waals surface area (Å²) >= 11 is 2.95. The number of hydrogen-bond donors (Lipinski definition) is 1. The van der Waals surface area contributed by atoms with Crippen molar-refractivity contribution < 1.29 is 13.2 Å². The van der Waals surface area contributed by atoms with E-state index in [1.807, 2.05) is 22.9 Å². The minimum atomic E-state index is -3.28. The van der Waals surface area contributed by atoms with Gasteiger partial charge in [0.15, 0.2) is 9.84 Å². The number of aromatic nitrogens is 2. The van der Waals surface area contributed by atoms with Crippen molar-refractivity contribution in [2.75, 3.05) is 6.26 Å². The molecule has 1 atom stereocenters. The van der Waals surface area contributed by atoms with E-state index in [0.29, 0.717) is 10.2 Å². The number of nitrogens with one attached hydrogen (secondary N) is 1. The van der Waals surface area contributed by atoms with E-state index in [4.69, 9.17) is 0 Å². The fourth-order valence-corrected chi connectivity index (χ4v) is 5.57. The molecule has 4 rings (SSSR count). The van der Waals surface area contributed by atoms with E-state index in [-0.39, 0.29) is 28.9 Å². The first-order valence-corrected chi connectivity index (χ1v) is 13.0. The van der Waals surface area contributed by atoms with Crippen LogP contribution in [0.4, 0.5) is 0 Å². The minimum absolute atomic E-state index is 0.159. The Morgan fingerprint density at radius 3 is 2.58 bits per heavy atom. The molecule has 0 aliphatic carbocycles. The van der Waals surface area contributed by atoms with Gasteiger partial charge in [-0.2, -0.15) is 0 Å². The molecule has 10 heteroatoms. The summed E-state index contributed by atoms with van der Waals surface area (Å²) < 4.78 is 24.5. The van der Waals surface area contributed by atoms with Gasteiger partial charge in [0.1, 0.15) is 11.4 Å². The van der Waals surface area contributed by atoms with Crippen LogP contribution in [-0.4, -0.2) is 30.1 Å². The maximum atomic E-state index is 13.0. The van der Waals surface area contributed by atoms with Crippen molar-refractivity contribution in [1.82, 2.24) is 14.9 Å². The highest BCUT2D eigenvalue weighted by molar-refractivity contribution is 7.90. The summed E-state index contributed by atoms with van der Waals surface area (Å²) in [6.07, 6.45) is 2.54. The maximum Gasteiger partial charge on any atom is 0.263 e. The van der Waals surface area contributed by atoms with Crippen LogP contribution in [0.2, 0.25) is 0 Å². The Kier molecular flexibility index (Phi) is 5.78. The maximum absolute atomic E-state index is 13.0. The first-order chi connectivity index (χ1) is 14.7. The highest BCUT2D eigenvalue weighted by atomic mass is 32.2. The predicted octanol–water partition coefficient (Wildman–Crippen LogP) is 3.47. The van der Waals surface area contributed by atoms with Crippen LogP contribution in [0.1, 0.15) is 18.5 Å². The first-order valence-electron chi connectivity index (χ1n) is 9.34. The van der Waals surface area contributed by atoms with Crippen LogP contribution in [-0.2, 0) is 21.2 Å². The largest absolute Gasteiger partial charge is 0.348 e. The Hall–Kier alpha value is -2.82. The minimum Gasteiger partial charge on any atom is -0.348 e. The first kappa shape index (κ1) is 21.4. The van der Waals surface area contributed by atoms with Gasteiger partial charge in [0.05, 0.1) is 22.7 Å². The van der Waals surface area contributed by atoms with E-state index in [2.05, 4.69) is 10.3 Å². The molecule has 0 fully saturated rings. The molecule has 3 aromatic heterocycles. The smallest absolute Gasteiger partial charge is 0.263 e. The number of thiophene rings is 2. The van der Waals surface area contributed by atoms with Crippen molar-refractivity contribution in [2.45, 2.75) is 24.4 Å². The van der Waals surface area contributed by atoms with Gasteiger partial charge >= 0.3 is 0 Å². The molecular weight excluding hydrogens is 454 g/mol. The lowest BCUT2D eigenvalue weighted by molar-refractivity contribution is -0.122. The van der Waals surface area contributed by atoms with E-state index in [1.54, 1.807) is 30.4 Å². The van der Waals surface area contributed by atoms with Crippen LogP contribution in [0, 0.1) is 0 Å². The van der Waals surface area contributed by atoms with Crippen LogP contribution in [0.3, 0.4) is 0 Å². The normalized spacial score (nSPS) is 12.7. The molecule has 1 N–H and O–H groups in total. The van der Waals surface area contributed by atoms with Crippen molar-refractivity contribution in [1.29, 1.82) is 0 Å². The molecule has 0 spiro atoms. The topological polar surface area (TPSA) is 98.1 Å². The van der Waals surface area contributed by atoms with E-state index in [1.165, 1.54) is 34.4 Å². The Morgan fingerprint density at radius 2 is 1.94 bits per heavy atom. The summed E-state index contributed by atoms with van der Waals surface area (Å²) in [5.41, 5.74) is 1.34. The van der Waals surface area contributed by atoms with Crippen LogP contribution < -0.4 is 10.9 Å². The Bertz CT molecular complexity index is 1400. The van der Waals surface area contributed by atoms with Crippen molar-refractivity contribution >= 4 is 48.6 Å². The van der Waals surface area contributed by atoms with E-state index in [0.717, 1.165) is 22.3 Å². The molecule has 31 heavy (non-hydrogen) atoms. The lowest BCUT2D eigenvalue weighted by atomic mass is 10.1. The molecule has 4 aromatic rings. The highest BCUT2D eigenvalue weighted by Crippen LogP contribution is 2.33. The van der Waals surface area contributed by atoms with E-state index < -0.39 is 9.84 Å². The van der Waals surface area contributed by atoms with Gasteiger partial charge in [-0.1, -0.05) is 18.2 Å². The number of benzene rings is 1. The second-order valence-corrected chi connectivity index (χ2v) is 10.9. The number of nitrogens with zero attached hydrogens (tertiary/aromatic N) is 2. The molecule has 1 aromatic carbocycles. The molecule has 0 saturated heterocycles. The lowest BCUT2D eigenvalue weighted by Crippen LogP contribution is -2.33. The number of fused-ring (bicyclic) bond motifs is 1. The number of hydrogen-bond acceptors (Lipinski definition) is 7. The summed E-state index contributed by atoms with van der Waals surface area (Å²) in [7, 11) is -3.28. The Balaban J connectivity index is 1.53. The third kappa shape index (κ3) is 4.46. The van der Waals surface area contributed by atoms with Crippen molar-refractivity contribution in [3.05, 3.63) is 69.4 Å². The molecule has 0 saturated carbocycles. The van der Waals surface area contributed by atoms with Crippen LogP contribution in [0.5, 0.6) is 0 Å². The van der Waals surface area contributed by atoms with Gasteiger partial charge in [-0.05, 0) is 36.1 Å². The molecule has 0 radical (unpaired) electrons. The summed E-state index contributed by atoms with van der Waals surface area (Å²) in [5, 5.41) is 7.23. The lowest BCUT2D eigenvalue weighted by Gasteiger charge is -2.15. The van der Waals surface area contributed by atoms with Gasteiger partial charge in [0, 0.05) is 22.1 Å². The zero-order valence-corrected chi connectivity index (χ0v) is 19.2. The van der Waals surface area contributed by atoms with E-state index in [9.17, 15) is 18.0 Å². The summed E-state index contributed by atoms with van der Waals surface area (Å²) in [4.78, 5) is 31.8. The van der Waals surface area contributed by atoms with Crippen LogP contribution >= 0.6 is 22.7 Å². The Morgan fingerprint density at radius 1 is 1.19 bits per heavy atom. The fourth-order valence-electron chi connectivity index (χ4n) is 3.22. The molecule has 3 heterocycles. The van der Waals surface area contributed by atoms with Crippen LogP contribution in [0.15, 0.2) is 63.2 Å². The van der Waals surface area contributed by atoms with Crippen molar-refractivity contribution in [2.24, 2.45) is 0 Å². The summed E-state index contributed by atoms with van der Waals surface area (Å²) in [5.74, 6) is -0.337. The van der Waals surface area contributed by atoms with Crippen molar-refractivity contribution in [3.63, 3.8) is 0 Å². The van der Waals surface area contributed by atoms with E-state index >= 15 is 0 Å². The molecular formula is C21H19N3O4S3. The zero-order valence-electron chi connectivity index (χ0n) is 16.7. The van der Waals surface area contributed by atoms with Gasteiger partial charge in [0.25, 0.3) is 5.56 Å². The third-order valence-corrected chi connectivity index (χ3v) is 7.77. The number of amides is 1. The number of sulfone groups is 1. The van der Waals surface area contributed by atoms with Gasteiger partial charge in [-0.3, -0.25) is 14.2 Å². The van der Waals surface area contributed by atoms with Crippen LogP contribution in [0.25, 0.3) is 20.7 Å². The average molecular weight is 474 g/mol. The summed E-state index contributed by atoms with van der Waals surface area (Å²) in [6.45, 7) is 1.64. The number of carbonyl (C=O) groups excluding carboxylic acids is 1. The molecule has 0 aliphatic rings. The summed E-state index contributed by atoms with van der Waals surface area (Å²) in [6, 6.07) is 9.88. The fraction of sp³-hybridized carbons (Fsp3) is 0.190. The molecule has 1 amide bonds. The van der Waals surface area contributed by atoms with Crippen molar-refractivity contribution in [3.8, 4) is 10.4 Å². The van der Waals surface area contributed by atoms with Gasteiger partial charge in [-0.25, -0.2) is 13.4 Å².